The summed E-state index contributed by atoms with van der Waals surface area (Å²) >= 11 is 4.31. The van der Waals surface area contributed by atoms with E-state index in [9.17, 15) is 5.11 Å². The molecule has 2 aromatic heterocycles. The van der Waals surface area contributed by atoms with Gasteiger partial charge in [-0.3, -0.25) is 4.57 Å². The molecule has 9 heteroatoms. The van der Waals surface area contributed by atoms with Gasteiger partial charge < -0.3 is 19.9 Å². The van der Waals surface area contributed by atoms with E-state index in [1.54, 1.807) is 24.5 Å². The van der Waals surface area contributed by atoms with Crippen LogP contribution in [0.2, 0.25) is 0 Å². The van der Waals surface area contributed by atoms with Gasteiger partial charge >= 0.3 is 0 Å². The number of rotatable bonds is 4. The summed E-state index contributed by atoms with van der Waals surface area (Å²) in [7, 11) is 1.49. The van der Waals surface area contributed by atoms with Crippen LogP contribution in [0.3, 0.4) is 0 Å². The molecule has 1 aliphatic heterocycles. The maximum Gasteiger partial charge on any atom is 0.188 e. The minimum absolute atomic E-state index is 0.0359. The summed E-state index contributed by atoms with van der Waals surface area (Å²) in [4.78, 5) is 13.2. The lowest BCUT2D eigenvalue weighted by Crippen LogP contribution is -2.07. The third-order valence-corrected chi connectivity index (χ3v) is 4.28. The van der Waals surface area contributed by atoms with E-state index < -0.39 is 0 Å². The third kappa shape index (κ3) is 2.85. The zero-order valence-corrected chi connectivity index (χ0v) is 14.4. The van der Waals surface area contributed by atoms with E-state index in [-0.39, 0.29) is 12.0 Å². The molecule has 0 saturated carbocycles. The van der Waals surface area contributed by atoms with Crippen LogP contribution < -0.4 is 10.1 Å². The van der Waals surface area contributed by atoms with Gasteiger partial charge in [0.05, 0.1) is 19.1 Å². The Hall–Kier alpha value is -2.52. The zero-order valence-electron chi connectivity index (χ0n) is 13.5. The van der Waals surface area contributed by atoms with Crippen LogP contribution >= 0.6 is 12.6 Å². The Labute approximate surface area is 149 Å². The molecule has 130 valence electrons. The molecule has 0 spiro atoms. The number of nitrogens with zero attached hydrogens (tertiary/aromatic N) is 4. The number of fused-ring (bicyclic) bond motifs is 1. The molecule has 0 amide bonds. The van der Waals surface area contributed by atoms with Gasteiger partial charge in [-0.15, -0.1) is 12.6 Å². The van der Waals surface area contributed by atoms with Crippen molar-refractivity contribution in [2.45, 2.75) is 24.2 Å². The van der Waals surface area contributed by atoms with Crippen molar-refractivity contribution in [3.8, 4) is 11.5 Å². The summed E-state index contributed by atoms with van der Waals surface area (Å²) in [6.45, 7) is 0.731. The first-order valence-electron chi connectivity index (χ1n) is 7.85. The number of para-hydroxylation sites is 1. The van der Waals surface area contributed by atoms with E-state index in [1.165, 1.54) is 7.11 Å². The predicted molar refractivity (Wildman–Crippen MR) is 94.7 cm³/mol. The zero-order chi connectivity index (χ0) is 17.4. The Kier molecular flexibility index (Phi) is 4.10. The summed E-state index contributed by atoms with van der Waals surface area (Å²) < 4.78 is 12.9. The number of thiol groups is 1. The molecule has 1 unspecified atom stereocenters. The first-order valence-corrected chi connectivity index (χ1v) is 8.30. The van der Waals surface area contributed by atoms with Gasteiger partial charge in [0.1, 0.15) is 6.23 Å². The molecular formula is C16H17N5O3S. The second-order valence-corrected chi connectivity index (χ2v) is 6.05. The third-order valence-electron chi connectivity index (χ3n) is 4.08. The number of nitrogens with one attached hydrogen (secondary N) is 1. The lowest BCUT2D eigenvalue weighted by molar-refractivity contribution is 0.0592. The number of aromatic nitrogens is 4. The highest BCUT2D eigenvalue weighted by Gasteiger charge is 2.22. The maximum absolute atomic E-state index is 9.94. The van der Waals surface area contributed by atoms with Gasteiger partial charge in [0.15, 0.2) is 33.6 Å². The van der Waals surface area contributed by atoms with Crippen molar-refractivity contribution in [2.75, 3.05) is 19.0 Å². The van der Waals surface area contributed by atoms with Crippen LogP contribution in [0.25, 0.3) is 11.2 Å². The molecule has 1 fully saturated rings. The molecule has 0 bridgehead atoms. The number of anilines is 2. The Morgan fingerprint density at radius 2 is 2.28 bits per heavy atom. The van der Waals surface area contributed by atoms with Crippen molar-refractivity contribution in [2.24, 2.45) is 0 Å². The number of phenolic OH excluding ortho intramolecular Hbond substituents is 1. The second-order valence-electron chi connectivity index (χ2n) is 5.65. The Morgan fingerprint density at radius 1 is 1.40 bits per heavy atom. The maximum atomic E-state index is 9.94. The quantitative estimate of drug-likeness (QED) is 0.487. The van der Waals surface area contributed by atoms with Gasteiger partial charge in [-0.2, -0.15) is 0 Å². The summed E-state index contributed by atoms with van der Waals surface area (Å²) in [5.41, 5.74) is 1.81. The average Bonchev–Trinajstić information content (AvgIpc) is 3.24. The monoisotopic (exact) mass is 359 g/mol. The molecule has 8 nitrogen and oxygen atoms in total. The van der Waals surface area contributed by atoms with Gasteiger partial charge in [-0.05, 0) is 25.0 Å². The molecule has 1 aromatic carbocycles. The highest BCUT2D eigenvalue weighted by atomic mass is 32.1. The number of methoxy groups -OCH3 is 1. The first-order chi connectivity index (χ1) is 12.2. The van der Waals surface area contributed by atoms with Crippen LogP contribution in [-0.4, -0.2) is 38.3 Å². The molecule has 1 saturated heterocycles. The van der Waals surface area contributed by atoms with Crippen molar-refractivity contribution in [3.63, 3.8) is 0 Å². The van der Waals surface area contributed by atoms with Crippen LogP contribution in [0.4, 0.5) is 11.5 Å². The van der Waals surface area contributed by atoms with Crippen LogP contribution in [0, 0.1) is 0 Å². The molecule has 0 aliphatic carbocycles. The lowest BCUT2D eigenvalue weighted by atomic mass is 10.2. The van der Waals surface area contributed by atoms with E-state index in [1.807, 2.05) is 4.57 Å². The number of phenols is 1. The highest BCUT2D eigenvalue weighted by Crippen LogP contribution is 2.37. The topological polar surface area (TPSA) is 94.3 Å². The summed E-state index contributed by atoms with van der Waals surface area (Å²) in [5, 5.41) is 13.4. The normalized spacial score (nSPS) is 17.1. The number of hydrogen-bond acceptors (Lipinski definition) is 8. The fourth-order valence-corrected chi connectivity index (χ4v) is 3.14. The molecule has 2 N–H and O–H groups in total. The van der Waals surface area contributed by atoms with Gasteiger partial charge in [-0.25, -0.2) is 15.0 Å². The molecule has 1 atom stereocenters. The molecule has 1 aliphatic rings. The van der Waals surface area contributed by atoms with E-state index in [0.29, 0.717) is 33.6 Å². The fourth-order valence-electron chi connectivity index (χ4n) is 2.95. The lowest BCUT2D eigenvalue weighted by Gasteiger charge is -2.13. The van der Waals surface area contributed by atoms with Crippen molar-refractivity contribution >= 4 is 35.3 Å². The van der Waals surface area contributed by atoms with E-state index >= 15 is 0 Å². The van der Waals surface area contributed by atoms with Gasteiger partial charge in [0.25, 0.3) is 0 Å². The fraction of sp³-hybridized carbons (Fsp3) is 0.312. The summed E-state index contributed by atoms with van der Waals surface area (Å²) in [5.74, 6) is 0.845. The second kappa shape index (κ2) is 6.41. The van der Waals surface area contributed by atoms with Crippen molar-refractivity contribution in [1.29, 1.82) is 0 Å². The van der Waals surface area contributed by atoms with Crippen LogP contribution in [-0.2, 0) is 4.74 Å². The minimum Gasteiger partial charge on any atom is -0.504 e. The molecule has 3 heterocycles. The van der Waals surface area contributed by atoms with Crippen molar-refractivity contribution in [1.82, 2.24) is 19.5 Å². The van der Waals surface area contributed by atoms with Gasteiger partial charge in [0, 0.05) is 6.61 Å². The highest BCUT2D eigenvalue weighted by molar-refractivity contribution is 7.80. The number of benzene rings is 1. The van der Waals surface area contributed by atoms with Crippen LogP contribution in [0.5, 0.6) is 11.5 Å². The summed E-state index contributed by atoms with van der Waals surface area (Å²) in [6.07, 6.45) is 3.55. The van der Waals surface area contributed by atoms with Crippen molar-refractivity contribution < 1.29 is 14.6 Å². The van der Waals surface area contributed by atoms with E-state index in [2.05, 4.69) is 32.9 Å². The van der Waals surface area contributed by atoms with Crippen LogP contribution in [0.1, 0.15) is 19.1 Å². The molecule has 0 radical (unpaired) electrons. The van der Waals surface area contributed by atoms with E-state index in [4.69, 9.17) is 9.47 Å². The number of imidazole rings is 1. The van der Waals surface area contributed by atoms with Crippen molar-refractivity contribution in [3.05, 3.63) is 24.5 Å². The standard InChI is InChI=1S/C16H17N5O3S/c1-23-13-9(4-2-5-10(13)22)18-14-12-15(20-16(25)19-14)21(8-17-12)11-6-3-7-24-11/h2,4-5,8,11,22H,3,6-7H2,1H3,(H2,18,19,20,25). The molecule has 25 heavy (non-hydrogen) atoms. The molecular weight excluding hydrogens is 342 g/mol. The molecule has 3 aromatic rings. The Morgan fingerprint density at radius 3 is 3.04 bits per heavy atom. The smallest absolute Gasteiger partial charge is 0.188 e. The average molecular weight is 359 g/mol. The minimum atomic E-state index is -0.0733. The summed E-state index contributed by atoms with van der Waals surface area (Å²) in [6, 6.07) is 5.04. The Balaban J connectivity index is 1.79. The number of hydrogen-bond donors (Lipinski definition) is 3. The first kappa shape index (κ1) is 16.0. The van der Waals surface area contributed by atoms with Crippen LogP contribution in [0.15, 0.2) is 29.7 Å². The Bertz CT molecular complexity index is 924. The number of aromatic hydroxyl groups is 1. The number of ether oxygens (including phenoxy) is 2. The molecule has 4 rings (SSSR count). The van der Waals surface area contributed by atoms with E-state index in [0.717, 1.165) is 19.4 Å². The SMILES string of the molecule is COc1c(O)cccc1Nc1nc(S)nc2c1ncn2C1CCCO1. The van der Waals surface area contributed by atoms with Gasteiger partial charge in [0.2, 0.25) is 0 Å². The van der Waals surface area contributed by atoms with Gasteiger partial charge in [-0.1, -0.05) is 6.07 Å². The predicted octanol–water partition coefficient (Wildman–Crippen LogP) is 2.88. The largest absolute Gasteiger partial charge is 0.504 e.